The summed E-state index contributed by atoms with van der Waals surface area (Å²) in [6.45, 7) is 13.1. The van der Waals surface area contributed by atoms with Crippen molar-refractivity contribution in [3.05, 3.63) is 71.2 Å². The van der Waals surface area contributed by atoms with Gasteiger partial charge in [0.05, 0.1) is 17.9 Å². The molecule has 41 heavy (non-hydrogen) atoms. The van der Waals surface area contributed by atoms with Crippen LogP contribution < -0.4 is 9.64 Å². The lowest BCUT2D eigenvalue weighted by Crippen LogP contribution is -2.39. The smallest absolute Gasteiger partial charge is 0.337 e. The van der Waals surface area contributed by atoms with Gasteiger partial charge in [0.1, 0.15) is 5.82 Å². The second kappa shape index (κ2) is 12.1. The molecule has 4 rings (SSSR count). The summed E-state index contributed by atoms with van der Waals surface area (Å²) < 4.78 is 40.8. The maximum atomic E-state index is 15.3. The second-order valence-corrected chi connectivity index (χ2v) is 12.3. The number of hydrogen-bond donors (Lipinski definition) is 1. The van der Waals surface area contributed by atoms with Crippen LogP contribution in [-0.2, 0) is 16.0 Å². The number of aryl methyl sites for hydroxylation is 1. The SMILES string of the molecule is Cc1ncc(-c2cnc(OCCc3ccccc3F)c(F)c2)c(N2CCC(C)(C)CC2)c1[C@H](OC(C)(C)C)C(=O)O. The molecule has 0 spiro atoms. The summed E-state index contributed by atoms with van der Waals surface area (Å²) >= 11 is 0. The van der Waals surface area contributed by atoms with E-state index in [4.69, 9.17) is 9.47 Å². The van der Waals surface area contributed by atoms with Crippen molar-refractivity contribution >= 4 is 11.7 Å². The molecule has 3 heterocycles. The van der Waals surface area contributed by atoms with Crippen molar-refractivity contribution < 1.29 is 28.2 Å². The third-order valence-corrected chi connectivity index (χ3v) is 7.36. The molecule has 0 aliphatic carbocycles. The number of piperidine rings is 1. The normalized spacial score (nSPS) is 16.0. The summed E-state index contributed by atoms with van der Waals surface area (Å²) in [6, 6.07) is 7.69. The topological polar surface area (TPSA) is 84.8 Å². The van der Waals surface area contributed by atoms with Crippen LogP contribution in [0.1, 0.15) is 70.4 Å². The van der Waals surface area contributed by atoms with Crippen LogP contribution in [-0.4, -0.2) is 46.3 Å². The molecule has 1 N–H and O–H groups in total. The van der Waals surface area contributed by atoms with Gasteiger partial charge in [0.15, 0.2) is 11.9 Å². The molecule has 1 aliphatic heterocycles. The van der Waals surface area contributed by atoms with E-state index in [0.717, 1.165) is 12.8 Å². The number of rotatable bonds is 9. The molecule has 2 aromatic heterocycles. The number of carboxylic acid groups (broad SMARTS) is 1. The summed E-state index contributed by atoms with van der Waals surface area (Å²) in [6.07, 6.45) is 3.94. The number of carboxylic acids is 1. The molecule has 1 fully saturated rings. The molecule has 0 amide bonds. The first-order chi connectivity index (χ1) is 19.3. The van der Waals surface area contributed by atoms with Crippen LogP contribution in [0.2, 0.25) is 0 Å². The van der Waals surface area contributed by atoms with Crippen LogP contribution in [0.25, 0.3) is 11.1 Å². The molecule has 0 bridgehead atoms. The maximum absolute atomic E-state index is 15.3. The second-order valence-electron chi connectivity index (χ2n) is 12.3. The highest BCUT2D eigenvalue weighted by atomic mass is 19.1. The van der Waals surface area contributed by atoms with Gasteiger partial charge in [0, 0.05) is 54.3 Å². The molecule has 1 saturated heterocycles. The van der Waals surface area contributed by atoms with Crippen LogP contribution in [0.15, 0.2) is 42.7 Å². The predicted octanol–water partition coefficient (Wildman–Crippen LogP) is 6.92. The Bertz CT molecular complexity index is 1390. The van der Waals surface area contributed by atoms with E-state index >= 15 is 4.39 Å². The van der Waals surface area contributed by atoms with E-state index in [0.29, 0.717) is 46.7 Å². The van der Waals surface area contributed by atoms with Crippen molar-refractivity contribution in [3.8, 4) is 17.0 Å². The molecule has 220 valence electrons. The number of aromatic nitrogens is 2. The minimum absolute atomic E-state index is 0.0552. The van der Waals surface area contributed by atoms with E-state index in [1.807, 2.05) is 20.8 Å². The Morgan fingerprint density at radius 1 is 1.10 bits per heavy atom. The number of halogens is 2. The monoisotopic (exact) mass is 567 g/mol. The molecule has 9 heteroatoms. The Balaban J connectivity index is 1.72. The van der Waals surface area contributed by atoms with Crippen molar-refractivity contribution in [3.63, 3.8) is 0 Å². The summed E-state index contributed by atoms with van der Waals surface area (Å²) in [5.41, 5.74) is 2.56. The van der Waals surface area contributed by atoms with Gasteiger partial charge in [-0.15, -0.1) is 0 Å². The standard InChI is InChI=1S/C32H39F2N3O4/c1-20-26(28(30(38)39)41-31(2,3)4)27(37-14-12-32(5,6)13-15-37)23(19-35-20)22-17-25(34)29(36-18-22)40-16-11-21-9-7-8-10-24(21)33/h7-10,17-19,28H,11-16H2,1-6H3,(H,38,39)/t28-/m0/s1. The zero-order chi connectivity index (χ0) is 29.9. The van der Waals surface area contributed by atoms with Gasteiger partial charge >= 0.3 is 5.97 Å². The summed E-state index contributed by atoms with van der Waals surface area (Å²) in [4.78, 5) is 23.5. The highest BCUT2D eigenvalue weighted by Crippen LogP contribution is 2.43. The van der Waals surface area contributed by atoms with Crippen LogP contribution in [0.5, 0.6) is 5.88 Å². The van der Waals surface area contributed by atoms with Crippen LogP contribution in [0, 0.1) is 24.0 Å². The van der Waals surface area contributed by atoms with Gasteiger partial charge in [-0.25, -0.2) is 18.6 Å². The van der Waals surface area contributed by atoms with Crippen molar-refractivity contribution in [2.75, 3.05) is 24.6 Å². The van der Waals surface area contributed by atoms with Crippen LogP contribution in [0.4, 0.5) is 14.5 Å². The minimum Gasteiger partial charge on any atom is -0.479 e. The fourth-order valence-corrected chi connectivity index (χ4v) is 5.03. The van der Waals surface area contributed by atoms with Crippen LogP contribution >= 0.6 is 0 Å². The molecule has 1 atom stereocenters. The van der Waals surface area contributed by atoms with E-state index in [2.05, 4.69) is 28.7 Å². The molecule has 1 aliphatic rings. The first-order valence-electron chi connectivity index (χ1n) is 13.9. The molecule has 0 unspecified atom stereocenters. The Morgan fingerprint density at radius 3 is 2.39 bits per heavy atom. The average Bonchev–Trinajstić information content (AvgIpc) is 2.89. The molecule has 0 saturated carbocycles. The number of benzene rings is 1. The number of ether oxygens (including phenoxy) is 2. The van der Waals surface area contributed by atoms with Crippen molar-refractivity contribution in [1.29, 1.82) is 0 Å². The Hall–Kier alpha value is -3.59. The molecule has 3 aromatic rings. The third kappa shape index (κ3) is 7.38. The molecule has 7 nitrogen and oxygen atoms in total. The predicted molar refractivity (Wildman–Crippen MR) is 154 cm³/mol. The van der Waals surface area contributed by atoms with E-state index < -0.39 is 23.5 Å². The zero-order valence-corrected chi connectivity index (χ0v) is 24.6. The molecule has 1 aromatic carbocycles. The number of carbonyl (C=O) groups is 1. The van der Waals surface area contributed by atoms with Crippen molar-refractivity contribution in [1.82, 2.24) is 9.97 Å². The lowest BCUT2D eigenvalue weighted by molar-refractivity contribution is -0.160. The summed E-state index contributed by atoms with van der Waals surface area (Å²) in [7, 11) is 0. The van der Waals surface area contributed by atoms with Gasteiger partial charge in [-0.1, -0.05) is 32.0 Å². The maximum Gasteiger partial charge on any atom is 0.337 e. The fourth-order valence-electron chi connectivity index (χ4n) is 5.03. The number of nitrogens with zero attached hydrogens (tertiary/aromatic N) is 3. The van der Waals surface area contributed by atoms with Gasteiger partial charge in [0.25, 0.3) is 0 Å². The van der Waals surface area contributed by atoms with Crippen molar-refractivity contribution in [2.24, 2.45) is 5.41 Å². The lowest BCUT2D eigenvalue weighted by atomic mass is 9.82. The van der Waals surface area contributed by atoms with E-state index in [9.17, 15) is 14.3 Å². The summed E-state index contributed by atoms with van der Waals surface area (Å²) in [5.74, 6) is -2.33. The first-order valence-corrected chi connectivity index (χ1v) is 13.9. The van der Waals surface area contributed by atoms with Gasteiger partial charge in [0.2, 0.25) is 5.88 Å². The van der Waals surface area contributed by atoms with Gasteiger partial charge in [-0.05, 0) is 63.6 Å². The third-order valence-electron chi connectivity index (χ3n) is 7.36. The molecule has 0 radical (unpaired) electrons. The van der Waals surface area contributed by atoms with Gasteiger partial charge < -0.3 is 19.5 Å². The van der Waals surface area contributed by atoms with E-state index in [1.54, 1.807) is 31.3 Å². The van der Waals surface area contributed by atoms with Gasteiger partial charge in [-0.3, -0.25) is 4.98 Å². The highest BCUT2D eigenvalue weighted by molar-refractivity contribution is 5.86. The quantitative estimate of drug-likeness (QED) is 0.300. The summed E-state index contributed by atoms with van der Waals surface area (Å²) in [5, 5.41) is 10.3. The largest absolute Gasteiger partial charge is 0.479 e. The highest BCUT2D eigenvalue weighted by Gasteiger charge is 2.36. The van der Waals surface area contributed by atoms with Gasteiger partial charge in [-0.2, -0.15) is 0 Å². The fraction of sp³-hybridized carbons (Fsp3) is 0.469. The molecular weight excluding hydrogens is 528 g/mol. The van der Waals surface area contributed by atoms with E-state index in [1.165, 1.54) is 18.3 Å². The Morgan fingerprint density at radius 2 is 1.78 bits per heavy atom. The zero-order valence-electron chi connectivity index (χ0n) is 24.6. The number of anilines is 1. The lowest BCUT2D eigenvalue weighted by Gasteiger charge is -2.40. The average molecular weight is 568 g/mol. The minimum atomic E-state index is -1.27. The number of hydrogen-bond acceptors (Lipinski definition) is 6. The Labute approximate surface area is 240 Å². The first kappa shape index (κ1) is 30.4. The van der Waals surface area contributed by atoms with Crippen molar-refractivity contribution in [2.45, 2.75) is 72.5 Å². The number of pyridine rings is 2. The molecular formula is C32H39F2N3O4. The number of aliphatic carboxylic acids is 1. The van der Waals surface area contributed by atoms with E-state index in [-0.39, 0.29) is 30.1 Å². The van der Waals surface area contributed by atoms with Crippen LogP contribution in [0.3, 0.4) is 0 Å². The Kier molecular flexibility index (Phi) is 8.97.